The fourth-order valence-electron chi connectivity index (χ4n) is 4.12. The van der Waals surface area contributed by atoms with Crippen LogP contribution in [-0.2, 0) is 6.54 Å². The number of halogens is 1. The molecule has 2 aromatic carbocycles. The summed E-state index contributed by atoms with van der Waals surface area (Å²) in [5, 5.41) is 0.940. The Hall–Kier alpha value is -3.30. The second-order valence-electron chi connectivity index (χ2n) is 7.88. The summed E-state index contributed by atoms with van der Waals surface area (Å²) in [6, 6.07) is 15.8. The third-order valence-electron chi connectivity index (χ3n) is 5.78. The van der Waals surface area contributed by atoms with E-state index >= 15 is 4.39 Å². The molecule has 0 amide bonds. The maximum atomic E-state index is 15.1. The molecule has 32 heavy (non-hydrogen) atoms. The Labute approximate surface area is 188 Å². The minimum atomic E-state index is -0.370. The zero-order valence-corrected chi connectivity index (χ0v) is 19.2. The summed E-state index contributed by atoms with van der Waals surface area (Å²) >= 11 is 0. The first-order valence-corrected chi connectivity index (χ1v) is 10.9. The molecule has 1 aliphatic rings. The van der Waals surface area contributed by atoms with E-state index < -0.39 is 0 Å². The smallest absolute Gasteiger partial charge is 0.193 e. The van der Waals surface area contributed by atoms with Gasteiger partial charge in [-0.05, 0) is 29.4 Å². The highest BCUT2D eigenvalue weighted by Gasteiger charge is 2.27. The minimum absolute atomic E-state index is 0.152. The average Bonchev–Trinajstić information content (AvgIpc) is 2.76. The predicted molar refractivity (Wildman–Crippen MR) is 131 cm³/mol. The van der Waals surface area contributed by atoms with Crippen molar-refractivity contribution >= 4 is 37.2 Å². The zero-order chi connectivity index (χ0) is 23.0. The molecule has 162 valence electrons. The first-order chi connectivity index (χ1) is 15.3. The van der Waals surface area contributed by atoms with E-state index in [4.69, 9.17) is 0 Å². The highest BCUT2D eigenvalue weighted by molar-refractivity contribution is 7.27. The number of rotatable bonds is 4. The van der Waals surface area contributed by atoms with Gasteiger partial charge in [0.2, 0.25) is 0 Å². The molecule has 0 fully saturated rings. The molecule has 0 saturated heterocycles. The number of hydrogen-bond acceptors (Lipinski definition) is 3. The molecule has 6 heteroatoms. The van der Waals surface area contributed by atoms with Gasteiger partial charge in [-0.15, -0.1) is 9.24 Å². The van der Waals surface area contributed by atoms with Crippen LogP contribution in [0.4, 0.5) is 4.39 Å². The van der Waals surface area contributed by atoms with Crippen LogP contribution in [0.25, 0.3) is 16.8 Å². The lowest BCUT2D eigenvalue weighted by Crippen LogP contribution is -2.33. The van der Waals surface area contributed by atoms with Crippen LogP contribution in [0.2, 0.25) is 0 Å². The molecule has 0 aliphatic carbocycles. The third kappa shape index (κ3) is 3.85. The lowest BCUT2D eigenvalue weighted by molar-refractivity contribution is 0.101. The van der Waals surface area contributed by atoms with Crippen molar-refractivity contribution in [1.82, 2.24) is 9.47 Å². The Morgan fingerprint density at radius 2 is 1.69 bits per heavy atom. The summed E-state index contributed by atoms with van der Waals surface area (Å²) in [4.78, 5) is 26.7. The normalized spacial score (nSPS) is 14.7. The van der Waals surface area contributed by atoms with Gasteiger partial charge in [-0.1, -0.05) is 49.0 Å². The fraction of sp³-hybridized carbons (Fsp3) is 0.154. The average molecular weight is 446 g/mol. The van der Waals surface area contributed by atoms with Crippen molar-refractivity contribution in [2.75, 3.05) is 13.6 Å². The highest BCUT2D eigenvalue weighted by atomic mass is 31.0. The van der Waals surface area contributed by atoms with Gasteiger partial charge in [-0.2, -0.15) is 0 Å². The highest BCUT2D eigenvalue weighted by Crippen LogP contribution is 2.39. The van der Waals surface area contributed by atoms with Gasteiger partial charge in [0, 0.05) is 43.5 Å². The van der Waals surface area contributed by atoms with Crippen molar-refractivity contribution in [1.29, 1.82) is 0 Å². The minimum Gasteiger partial charge on any atom is -0.371 e. The number of carbonyl (C=O) groups excluding carboxylic acids is 1. The van der Waals surface area contributed by atoms with E-state index in [1.807, 2.05) is 40.8 Å². The molecule has 3 aromatic rings. The maximum Gasteiger partial charge on any atom is 0.193 e. The third-order valence-corrected chi connectivity index (χ3v) is 6.28. The van der Waals surface area contributed by atoms with Crippen LogP contribution in [-0.4, -0.2) is 28.8 Å². The van der Waals surface area contributed by atoms with Crippen molar-refractivity contribution in [3.05, 3.63) is 106 Å². The number of carbonyl (C=O) groups is 1. The van der Waals surface area contributed by atoms with Gasteiger partial charge >= 0.3 is 0 Å². The molecule has 0 saturated carbocycles. The summed E-state index contributed by atoms with van der Waals surface area (Å²) in [6.45, 7) is 6.97. The lowest BCUT2D eigenvalue weighted by atomic mass is 9.89. The number of benzene rings is 2. The van der Waals surface area contributed by atoms with Crippen LogP contribution in [0.3, 0.4) is 0 Å². The number of allylic oxidation sites excluding steroid dienone is 2. The van der Waals surface area contributed by atoms with Crippen molar-refractivity contribution in [3.8, 4) is 0 Å². The number of hydrogen-bond donors (Lipinski definition) is 0. The van der Waals surface area contributed by atoms with E-state index in [0.29, 0.717) is 41.2 Å². The molecule has 2 heterocycles. The van der Waals surface area contributed by atoms with E-state index in [1.165, 1.54) is 19.1 Å². The molecule has 0 bridgehead atoms. The molecule has 1 aliphatic heterocycles. The Balaban J connectivity index is 2.08. The quantitative estimate of drug-likeness (QED) is 0.445. The summed E-state index contributed by atoms with van der Waals surface area (Å²) in [5.41, 5.74) is 3.69. The van der Waals surface area contributed by atoms with E-state index in [9.17, 15) is 9.59 Å². The van der Waals surface area contributed by atoms with E-state index in [-0.39, 0.29) is 22.6 Å². The SMILES string of the molecule is C=C(/C(=C1/c2cc(=O)c(C(C)=O)cn2CCN1C)c1ccccc1F)c1ccccc1P. The van der Waals surface area contributed by atoms with Gasteiger partial charge in [-0.25, -0.2) is 4.39 Å². The molecule has 4 nitrogen and oxygen atoms in total. The molecule has 1 aromatic heterocycles. The van der Waals surface area contributed by atoms with Crippen LogP contribution in [0, 0.1) is 5.82 Å². The number of Topliss-reactive ketones (excluding diaryl/α,β-unsaturated/α-hetero) is 1. The molecule has 0 radical (unpaired) electrons. The van der Waals surface area contributed by atoms with Crippen molar-refractivity contribution in [2.45, 2.75) is 13.5 Å². The summed E-state index contributed by atoms with van der Waals surface area (Å²) in [6.07, 6.45) is 1.61. The van der Waals surface area contributed by atoms with Crippen molar-refractivity contribution in [3.63, 3.8) is 0 Å². The molecule has 0 N–H and O–H groups in total. The topological polar surface area (TPSA) is 42.3 Å². The summed E-state index contributed by atoms with van der Waals surface area (Å²) in [7, 11) is 4.62. The Morgan fingerprint density at radius 3 is 2.34 bits per heavy atom. The predicted octanol–water partition coefficient (Wildman–Crippen LogP) is 4.22. The number of likely N-dealkylation sites (N-methyl/N-ethyl adjacent to an activating group) is 1. The molecule has 1 unspecified atom stereocenters. The van der Waals surface area contributed by atoms with Crippen LogP contribution in [0.15, 0.2) is 72.2 Å². The van der Waals surface area contributed by atoms with Crippen LogP contribution in [0.5, 0.6) is 0 Å². The van der Waals surface area contributed by atoms with Gasteiger partial charge in [-0.3, -0.25) is 9.59 Å². The van der Waals surface area contributed by atoms with Crippen molar-refractivity contribution in [2.24, 2.45) is 0 Å². The number of aromatic nitrogens is 1. The molecular formula is C26H24FN2O2P. The van der Waals surface area contributed by atoms with Gasteiger partial charge in [0.15, 0.2) is 11.2 Å². The molecule has 0 spiro atoms. The Morgan fingerprint density at radius 1 is 1.03 bits per heavy atom. The number of ketones is 1. The number of pyridine rings is 1. The second kappa shape index (κ2) is 8.68. The first kappa shape index (κ1) is 21.9. The van der Waals surface area contributed by atoms with Crippen LogP contribution in [0.1, 0.15) is 34.1 Å². The van der Waals surface area contributed by atoms with E-state index in [1.54, 1.807) is 24.4 Å². The maximum absolute atomic E-state index is 15.1. The lowest BCUT2D eigenvalue weighted by Gasteiger charge is -2.34. The van der Waals surface area contributed by atoms with Gasteiger partial charge in [0.05, 0.1) is 17.0 Å². The molecular weight excluding hydrogens is 422 g/mol. The van der Waals surface area contributed by atoms with Crippen LogP contribution >= 0.6 is 9.24 Å². The van der Waals surface area contributed by atoms with Crippen LogP contribution < -0.4 is 10.7 Å². The van der Waals surface area contributed by atoms with E-state index in [2.05, 4.69) is 15.8 Å². The molecule has 4 rings (SSSR count). The Bertz CT molecular complexity index is 1340. The Kier molecular flexibility index (Phi) is 5.94. The number of fused-ring (bicyclic) bond motifs is 1. The summed E-state index contributed by atoms with van der Waals surface area (Å²) in [5.74, 6) is -0.643. The second-order valence-corrected chi connectivity index (χ2v) is 8.50. The zero-order valence-electron chi connectivity index (χ0n) is 18.1. The summed E-state index contributed by atoms with van der Waals surface area (Å²) < 4.78 is 17.0. The van der Waals surface area contributed by atoms with Crippen molar-refractivity contribution < 1.29 is 9.18 Å². The van der Waals surface area contributed by atoms with Gasteiger partial charge in [0.1, 0.15) is 5.82 Å². The fourth-order valence-corrected chi connectivity index (χ4v) is 4.50. The number of nitrogens with zero attached hydrogens (tertiary/aromatic N) is 2. The standard InChI is InChI=1S/C26H24FN2O2P/c1-16(18-8-5-7-11-24(18)32)25(19-9-4-6-10-21(19)27)26-22-14-23(31)20(17(2)30)15-29(22)13-12-28(26)3/h4-11,14-15H,1,12-13,32H2,2-3H3/b26-25+. The van der Waals surface area contributed by atoms with Gasteiger partial charge < -0.3 is 9.47 Å². The monoisotopic (exact) mass is 446 g/mol. The van der Waals surface area contributed by atoms with E-state index in [0.717, 1.165) is 10.9 Å². The largest absolute Gasteiger partial charge is 0.371 e. The molecule has 1 atom stereocenters. The first-order valence-electron chi connectivity index (χ1n) is 10.3. The van der Waals surface area contributed by atoms with Gasteiger partial charge in [0.25, 0.3) is 0 Å².